The van der Waals surface area contributed by atoms with Gasteiger partial charge in [0.15, 0.2) is 0 Å². The quantitative estimate of drug-likeness (QED) is 0.549. The molecule has 0 amide bonds. The van der Waals surface area contributed by atoms with Gasteiger partial charge in [0.25, 0.3) is 0 Å². The Balaban J connectivity index is 0. The largest absolute Gasteiger partial charge is 0.412 e. The van der Waals surface area contributed by atoms with Crippen LogP contribution < -0.4 is 0 Å². The Bertz CT molecular complexity index is 96.2. The van der Waals surface area contributed by atoms with Crippen molar-refractivity contribution in [2.75, 3.05) is 0 Å². The molecule has 3 nitrogen and oxygen atoms in total. The number of nitrogens with zero attached hydrogens (tertiary/aromatic N) is 1. The van der Waals surface area contributed by atoms with Crippen LogP contribution in [0.1, 0.15) is 41.5 Å². The van der Waals surface area contributed by atoms with Crippen LogP contribution in [0.15, 0.2) is 0 Å². The average molecular weight is 163 g/mol. The molecule has 3 heteroatoms. The molecule has 0 aromatic rings. The maximum atomic E-state index is 9.56. The van der Waals surface area contributed by atoms with Gasteiger partial charge in [-0.2, -0.15) is 5.06 Å². The highest BCUT2D eigenvalue weighted by molar-refractivity contribution is 4.79. The van der Waals surface area contributed by atoms with Gasteiger partial charge in [-0.3, -0.25) is 0 Å². The van der Waals surface area contributed by atoms with Gasteiger partial charge in [0, 0.05) is 11.1 Å². The van der Waals surface area contributed by atoms with Crippen molar-refractivity contribution in [1.82, 2.24) is 5.06 Å². The second-order valence-electron chi connectivity index (χ2n) is 4.65. The average Bonchev–Trinajstić information content (AvgIpc) is 1.59. The van der Waals surface area contributed by atoms with Crippen LogP contribution in [0, 0.1) is 0 Å². The molecule has 0 aliphatic rings. The third-order valence-electron chi connectivity index (χ3n) is 1.27. The molecular formula is C8H21NO2. The van der Waals surface area contributed by atoms with Gasteiger partial charge in [-0.1, -0.05) is 0 Å². The molecule has 0 saturated heterocycles. The van der Waals surface area contributed by atoms with E-state index >= 15 is 0 Å². The Hall–Kier alpha value is -0.120. The monoisotopic (exact) mass is 163 g/mol. The van der Waals surface area contributed by atoms with E-state index in [9.17, 15) is 5.21 Å². The summed E-state index contributed by atoms with van der Waals surface area (Å²) >= 11 is 0. The highest BCUT2D eigenvalue weighted by atomic mass is 16.5. The van der Waals surface area contributed by atoms with Gasteiger partial charge in [0.2, 0.25) is 0 Å². The van der Waals surface area contributed by atoms with Crippen molar-refractivity contribution in [2.45, 2.75) is 52.6 Å². The Morgan fingerprint density at radius 3 is 1.00 bits per heavy atom. The summed E-state index contributed by atoms with van der Waals surface area (Å²) in [5.74, 6) is 0. The molecule has 0 aliphatic heterocycles. The highest BCUT2D eigenvalue weighted by Gasteiger charge is 2.29. The van der Waals surface area contributed by atoms with Gasteiger partial charge >= 0.3 is 0 Å². The van der Waals surface area contributed by atoms with Crippen LogP contribution in [-0.2, 0) is 0 Å². The second-order valence-corrected chi connectivity index (χ2v) is 4.65. The summed E-state index contributed by atoms with van der Waals surface area (Å²) in [7, 11) is 0. The Labute approximate surface area is 69.3 Å². The summed E-state index contributed by atoms with van der Waals surface area (Å²) in [5, 5.41) is 10.9. The fourth-order valence-electron chi connectivity index (χ4n) is 1.01. The van der Waals surface area contributed by atoms with Crippen LogP contribution >= 0.6 is 0 Å². The lowest BCUT2D eigenvalue weighted by molar-refractivity contribution is -0.212. The molecule has 0 unspecified atom stereocenters. The fraction of sp³-hybridized carbons (Fsp3) is 1.00. The Kier molecular flexibility index (Phi) is 4.31. The molecule has 0 saturated carbocycles. The molecule has 0 bridgehead atoms. The topological polar surface area (TPSA) is 55.0 Å². The van der Waals surface area contributed by atoms with Crippen LogP contribution in [0.25, 0.3) is 0 Å². The number of rotatable bonds is 0. The molecule has 0 aliphatic carbocycles. The molecule has 70 valence electrons. The van der Waals surface area contributed by atoms with Crippen molar-refractivity contribution in [2.24, 2.45) is 0 Å². The predicted molar refractivity (Wildman–Crippen MR) is 46.7 cm³/mol. The first-order valence-electron chi connectivity index (χ1n) is 3.65. The van der Waals surface area contributed by atoms with Crippen LogP contribution in [-0.4, -0.2) is 26.8 Å². The van der Waals surface area contributed by atoms with Crippen LogP contribution in [0.5, 0.6) is 0 Å². The van der Waals surface area contributed by atoms with E-state index in [1.165, 1.54) is 5.06 Å². The lowest BCUT2D eigenvalue weighted by atomic mass is 10.0. The maximum Gasteiger partial charge on any atom is 0.0382 e. The van der Waals surface area contributed by atoms with Gasteiger partial charge in [0.05, 0.1) is 0 Å². The van der Waals surface area contributed by atoms with E-state index in [0.717, 1.165) is 0 Å². The van der Waals surface area contributed by atoms with Crippen LogP contribution in [0.2, 0.25) is 0 Å². The van der Waals surface area contributed by atoms with E-state index in [1.807, 2.05) is 41.5 Å². The first-order valence-corrected chi connectivity index (χ1v) is 3.65. The summed E-state index contributed by atoms with van der Waals surface area (Å²) in [6.45, 7) is 11.9. The molecule has 0 fully saturated rings. The summed E-state index contributed by atoms with van der Waals surface area (Å²) < 4.78 is 0. The molecule has 0 aromatic carbocycles. The molecule has 0 rings (SSSR count). The summed E-state index contributed by atoms with van der Waals surface area (Å²) in [5.41, 5.74) is -0.337. The van der Waals surface area contributed by atoms with Crippen LogP contribution in [0.3, 0.4) is 0 Å². The molecule has 0 atom stereocenters. The molecule has 3 N–H and O–H groups in total. The summed E-state index contributed by atoms with van der Waals surface area (Å²) in [6, 6.07) is 0. The van der Waals surface area contributed by atoms with E-state index in [4.69, 9.17) is 0 Å². The Morgan fingerprint density at radius 1 is 0.818 bits per heavy atom. The third-order valence-corrected chi connectivity index (χ3v) is 1.27. The van der Waals surface area contributed by atoms with Crippen molar-refractivity contribution >= 4 is 0 Å². The lowest BCUT2D eigenvalue weighted by Crippen LogP contribution is -2.50. The zero-order chi connectivity index (χ0) is 8.58. The molecular weight excluding hydrogens is 142 g/mol. The maximum absolute atomic E-state index is 9.56. The van der Waals surface area contributed by atoms with Gasteiger partial charge in [0.1, 0.15) is 0 Å². The standard InChI is InChI=1S/C8H19NO.H2O/c1-7(2,3)9(10)8(4,5)6;/h10H,1-6H3;1H2. The first-order chi connectivity index (χ1) is 4.15. The van der Waals surface area contributed by atoms with E-state index < -0.39 is 0 Å². The number of hydrogen-bond acceptors (Lipinski definition) is 2. The number of hydroxylamine groups is 2. The van der Waals surface area contributed by atoms with Crippen LogP contribution in [0.4, 0.5) is 0 Å². The minimum atomic E-state index is -0.168. The van der Waals surface area contributed by atoms with Gasteiger partial charge < -0.3 is 10.7 Å². The van der Waals surface area contributed by atoms with E-state index in [-0.39, 0.29) is 16.6 Å². The van der Waals surface area contributed by atoms with E-state index in [1.54, 1.807) is 0 Å². The minimum absolute atomic E-state index is 0. The van der Waals surface area contributed by atoms with Crippen molar-refractivity contribution in [3.8, 4) is 0 Å². The van der Waals surface area contributed by atoms with Gasteiger partial charge in [-0.05, 0) is 41.5 Å². The zero-order valence-corrected chi connectivity index (χ0v) is 8.39. The Morgan fingerprint density at radius 2 is 1.00 bits per heavy atom. The van der Waals surface area contributed by atoms with Crippen molar-refractivity contribution < 1.29 is 10.7 Å². The van der Waals surface area contributed by atoms with Gasteiger partial charge in [-0.25, -0.2) is 0 Å². The molecule has 0 radical (unpaired) electrons. The van der Waals surface area contributed by atoms with E-state index in [2.05, 4.69) is 0 Å². The predicted octanol–water partition coefficient (Wildman–Crippen LogP) is 1.45. The fourth-order valence-corrected chi connectivity index (χ4v) is 1.01. The molecule has 0 spiro atoms. The smallest absolute Gasteiger partial charge is 0.0382 e. The van der Waals surface area contributed by atoms with Crippen molar-refractivity contribution in [3.05, 3.63) is 0 Å². The minimum Gasteiger partial charge on any atom is -0.412 e. The zero-order valence-electron chi connectivity index (χ0n) is 8.39. The number of hydrogen-bond donors (Lipinski definition) is 1. The second kappa shape index (κ2) is 3.52. The van der Waals surface area contributed by atoms with Gasteiger partial charge in [-0.15, -0.1) is 0 Å². The summed E-state index contributed by atoms with van der Waals surface area (Å²) in [6.07, 6.45) is 0. The SMILES string of the molecule is CC(C)(C)N(O)C(C)(C)C.O. The lowest BCUT2D eigenvalue weighted by Gasteiger charge is -2.39. The molecule has 11 heavy (non-hydrogen) atoms. The molecule has 0 heterocycles. The highest BCUT2D eigenvalue weighted by Crippen LogP contribution is 2.20. The normalized spacial score (nSPS) is 13.1. The van der Waals surface area contributed by atoms with Crippen molar-refractivity contribution in [1.29, 1.82) is 0 Å². The summed E-state index contributed by atoms with van der Waals surface area (Å²) in [4.78, 5) is 0. The first kappa shape index (κ1) is 13.5. The van der Waals surface area contributed by atoms with Crippen molar-refractivity contribution in [3.63, 3.8) is 0 Å². The van der Waals surface area contributed by atoms with E-state index in [0.29, 0.717) is 0 Å². The molecule has 0 aromatic heterocycles. The third kappa shape index (κ3) is 4.35.